The molecule has 2 aromatic rings. The molecule has 0 radical (unpaired) electrons. The average molecular weight is 373 g/mol. The number of para-hydroxylation sites is 2. The first-order chi connectivity index (χ1) is 12.1. The summed E-state index contributed by atoms with van der Waals surface area (Å²) in [4.78, 5) is 19.5. The molecule has 2 atom stereocenters. The van der Waals surface area contributed by atoms with Crippen molar-refractivity contribution >= 4 is 45.7 Å². The summed E-state index contributed by atoms with van der Waals surface area (Å²) in [5.74, 6) is -0.0394. The average Bonchev–Trinajstić information content (AvgIpc) is 2.75. The summed E-state index contributed by atoms with van der Waals surface area (Å²) < 4.78 is 5.63. The van der Waals surface area contributed by atoms with E-state index in [1.165, 1.54) is 0 Å². The Morgan fingerprint density at radius 1 is 1.24 bits per heavy atom. The van der Waals surface area contributed by atoms with E-state index in [-0.39, 0.29) is 5.91 Å². The van der Waals surface area contributed by atoms with Crippen LogP contribution in [0.2, 0.25) is 5.02 Å². The summed E-state index contributed by atoms with van der Waals surface area (Å²) in [6.07, 6.45) is 2.07. The number of fused-ring (bicyclic) bond motifs is 3. The van der Waals surface area contributed by atoms with Crippen LogP contribution in [0.4, 0.5) is 11.4 Å². The van der Waals surface area contributed by atoms with E-state index >= 15 is 0 Å². The van der Waals surface area contributed by atoms with Crippen molar-refractivity contribution in [3.8, 4) is 0 Å². The molecule has 2 aliphatic heterocycles. The van der Waals surface area contributed by atoms with E-state index in [4.69, 9.17) is 21.3 Å². The number of aliphatic imine (C=N–C) groups is 1. The number of methoxy groups -OCH3 is 1. The SMILES string of the molecule is COC1C(=O)N2c3ccccc3N=C(SC)CC12c1ccc(Cl)cc1. The van der Waals surface area contributed by atoms with E-state index in [1.54, 1.807) is 18.9 Å². The number of carbonyl (C=O) groups is 1. The maximum absolute atomic E-state index is 12.9. The van der Waals surface area contributed by atoms with Gasteiger partial charge in [0.25, 0.3) is 5.91 Å². The topological polar surface area (TPSA) is 41.9 Å². The molecule has 25 heavy (non-hydrogen) atoms. The summed E-state index contributed by atoms with van der Waals surface area (Å²) in [7, 11) is 1.59. The molecule has 0 saturated carbocycles. The number of anilines is 1. The van der Waals surface area contributed by atoms with Crippen molar-refractivity contribution in [3.05, 3.63) is 59.1 Å². The second-order valence-electron chi connectivity index (χ2n) is 6.10. The van der Waals surface area contributed by atoms with Crippen LogP contribution in [0.5, 0.6) is 0 Å². The molecule has 0 aliphatic carbocycles. The van der Waals surface area contributed by atoms with Gasteiger partial charge < -0.3 is 4.74 Å². The summed E-state index contributed by atoms with van der Waals surface area (Å²) in [6, 6.07) is 15.4. The van der Waals surface area contributed by atoms with Gasteiger partial charge in [-0.25, -0.2) is 4.99 Å². The van der Waals surface area contributed by atoms with Crippen LogP contribution in [0.25, 0.3) is 0 Å². The van der Waals surface area contributed by atoms with Gasteiger partial charge in [0.1, 0.15) is 5.54 Å². The van der Waals surface area contributed by atoms with E-state index in [2.05, 4.69) is 0 Å². The number of ether oxygens (including phenoxy) is 1. The first-order valence-corrected chi connectivity index (χ1v) is 9.55. The molecule has 4 rings (SSSR count). The molecular formula is C19H17ClN2O2S. The Hall–Kier alpha value is -1.82. The predicted octanol–water partition coefficient (Wildman–Crippen LogP) is 4.39. The van der Waals surface area contributed by atoms with Gasteiger partial charge in [0.15, 0.2) is 6.10 Å². The summed E-state index contributed by atoms with van der Waals surface area (Å²) in [6.45, 7) is 0. The molecule has 2 heterocycles. The number of thioether (sulfide) groups is 1. The number of carbonyl (C=O) groups excluding carboxylic acids is 1. The second-order valence-corrected chi connectivity index (χ2v) is 7.41. The molecule has 2 unspecified atom stereocenters. The molecule has 2 aromatic carbocycles. The highest BCUT2D eigenvalue weighted by Crippen LogP contribution is 2.53. The van der Waals surface area contributed by atoms with E-state index < -0.39 is 11.6 Å². The molecule has 1 fully saturated rings. The van der Waals surface area contributed by atoms with Gasteiger partial charge >= 0.3 is 0 Å². The van der Waals surface area contributed by atoms with Crippen molar-refractivity contribution in [3.63, 3.8) is 0 Å². The maximum atomic E-state index is 12.9. The highest BCUT2D eigenvalue weighted by atomic mass is 35.5. The minimum Gasteiger partial charge on any atom is -0.369 e. The zero-order valence-electron chi connectivity index (χ0n) is 13.9. The van der Waals surface area contributed by atoms with Gasteiger partial charge in [-0.05, 0) is 36.1 Å². The van der Waals surface area contributed by atoms with Crippen molar-refractivity contribution in [1.82, 2.24) is 0 Å². The fourth-order valence-electron chi connectivity index (χ4n) is 3.76. The summed E-state index contributed by atoms with van der Waals surface area (Å²) >= 11 is 7.68. The van der Waals surface area contributed by atoms with Crippen LogP contribution in [0, 0.1) is 0 Å². The highest BCUT2D eigenvalue weighted by molar-refractivity contribution is 8.13. The third-order valence-electron chi connectivity index (χ3n) is 4.88. The van der Waals surface area contributed by atoms with Crippen molar-refractivity contribution < 1.29 is 9.53 Å². The molecule has 2 aliphatic rings. The van der Waals surface area contributed by atoms with Crippen molar-refractivity contribution in [2.45, 2.75) is 18.1 Å². The van der Waals surface area contributed by atoms with Gasteiger partial charge in [-0.1, -0.05) is 35.9 Å². The minimum absolute atomic E-state index is 0.0394. The zero-order chi connectivity index (χ0) is 17.6. The zero-order valence-corrected chi connectivity index (χ0v) is 15.5. The molecule has 6 heteroatoms. The fraction of sp³-hybridized carbons (Fsp3) is 0.263. The van der Waals surface area contributed by atoms with Gasteiger partial charge in [-0.3, -0.25) is 9.69 Å². The van der Waals surface area contributed by atoms with Crippen LogP contribution in [0.3, 0.4) is 0 Å². The van der Waals surface area contributed by atoms with Gasteiger partial charge in [-0.15, -0.1) is 11.8 Å². The molecule has 0 spiro atoms. The lowest BCUT2D eigenvalue weighted by Gasteiger charge is -2.56. The number of rotatable bonds is 2. The Morgan fingerprint density at radius 3 is 2.64 bits per heavy atom. The van der Waals surface area contributed by atoms with Crippen LogP contribution < -0.4 is 4.90 Å². The molecule has 4 nitrogen and oxygen atoms in total. The van der Waals surface area contributed by atoms with Gasteiger partial charge in [0, 0.05) is 18.6 Å². The Morgan fingerprint density at radius 2 is 1.96 bits per heavy atom. The van der Waals surface area contributed by atoms with Crippen molar-refractivity contribution in [2.75, 3.05) is 18.3 Å². The first-order valence-electron chi connectivity index (χ1n) is 7.95. The molecular weight excluding hydrogens is 356 g/mol. The largest absolute Gasteiger partial charge is 0.369 e. The lowest BCUT2D eigenvalue weighted by Crippen LogP contribution is -2.73. The molecule has 1 saturated heterocycles. The van der Waals surface area contributed by atoms with Gasteiger partial charge in [0.05, 0.1) is 16.4 Å². The first kappa shape index (κ1) is 16.6. The fourth-order valence-corrected chi connectivity index (χ4v) is 4.44. The van der Waals surface area contributed by atoms with Crippen LogP contribution in [-0.2, 0) is 15.1 Å². The van der Waals surface area contributed by atoms with Crippen molar-refractivity contribution in [1.29, 1.82) is 0 Å². The molecule has 1 amide bonds. The number of benzene rings is 2. The lowest BCUT2D eigenvalue weighted by molar-refractivity contribution is -0.147. The Bertz CT molecular complexity index is 868. The number of β-lactam (4-membered cyclic amide) rings is 1. The number of halogens is 1. The standard InChI is InChI=1S/C19H17ClN2O2S/c1-24-17-18(23)22-15-6-4-3-5-14(15)21-16(25-2)11-19(17,22)12-7-9-13(20)10-8-12/h3-10,17H,11H2,1-2H3. The molecule has 0 bridgehead atoms. The predicted molar refractivity (Wildman–Crippen MR) is 103 cm³/mol. The molecule has 0 aromatic heterocycles. The smallest absolute Gasteiger partial charge is 0.259 e. The number of nitrogens with zero attached hydrogens (tertiary/aromatic N) is 2. The molecule has 0 N–H and O–H groups in total. The maximum Gasteiger partial charge on any atom is 0.259 e. The number of hydrogen-bond acceptors (Lipinski definition) is 4. The third-order valence-corrected chi connectivity index (χ3v) is 5.84. The van der Waals surface area contributed by atoms with Crippen LogP contribution in [0.1, 0.15) is 12.0 Å². The highest BCUT2D eigenvalue weighted by Gasteiger charge is 2.63. The van der Waals surface area contributed by atoms with Crippen LogP contribution >= 0.6 is 23.4 Å². The van der Waals surface area contributed by atoms with Crippen LogP contribution in [-0.4, -0.2) is 30.4 Å². The Balaban J connectivity index is 1.96. The summed E-state index contributed by atoms with van der Waals surface area (Å²) in [5, 5.41) is 1.64. The normalized spacial score (nSPS) is 24.8. The number of amides is 1. The second kappa shape index (κ2) is 6.16. The lowest BCUT2D eigenvalue weighted by atomic mass is 9.72. The minimum atomic E-state index is -0.606. The summed E-state index contributed by atoms with van der Waals surface area (Å²) in [5.41, 5.74) is 2.03. The number of hydrogen-bond donors (Lipinski definition) is 0. The van der Waals surface area contributed by atoms with Crippen LogP contribution in [0.15, 0.2) is 53.5 Å². The monoisotopic (exact) mass is 372 g/mol. The van der Waals surface area contributed by atoms with Gasteiger partial charge in [-0.2, -0.15) is 0 Å². The van der Waals surface area contributed by atoms with Gasteiger partial charge in [0.2, 0.25) is 0 Å². The Labute approximate surface area is 155 Å². The quantitative estimate of drug-likeness (QED) is 0.734. The van der Waals surface area contributed by atoms with Crippen molar-refractivity contribution in [2.24, 2.45) is 4.99 Å². The third kappa shape index (κ3) is 2.34. The van der Waals surface area contributed by atoms with E-state index in [9.17, 15) is 4.79 Å². The molecule has 128 valence electrons. The van der Waals surface area contributed by atoms with E-state index in [0.717, 1.165) is 22.0 Å². The van der Waals surface area contributed by atoms with E-state index in [1.807, 2.05) is 59.7 Å². The van der Waals surface area contributed by atoms with E-state index in [0.29, 0.717) is 11.4 Å². The Kier molecular flexibility index (Phi) is 4.10.